The molecule has 2 N–H and O–H groups in total. The monoisotopic (exact) mass is 466 g/mol. The second-order valence-corrected chi connectivity index (χ2v) is 10.4. The Hall–Kier alpha value is -1.40. The van der Waals surface area contributed by atoms with Gasteiger partial charge in [0.15, 0.2) is 0 Å². The summed E-state index contributed by atoms with van der Waals surface area (Å²) in [5.41, 5.74) is 2.25. The average Bonchev–Trinajstić information content (AvgIpc) is 2.74. The largest absolute Gasteiger partial charge is 0.481 e. The van der Waals surface area contributed by atoms with Gasteiger partial charge < -0.3 is 10.2 Å². The number of carbonyl (C=O) groups is 2. The smallest absolute Gasteiger partial charge is 0.304 e. The van der Waals surface area contributed by atoms with Crippen LogP contribution in [0.3, 0.4) is 0 Å². The van der Waals surface area contributed by atoms with E-state index >= 15 is 0 Å². The van der Waals surface area contributed by atoms with Crippen molar-refractivity contribution in [2.45, 2.75) is 82.1 Å². The lowest BCUT2D eigenvalue weighted by molar-refractivity contribution is -0.137. The summed E-state index contributed by atoms with van der Waals surface area (Å²) in [7, 11) is 0. The van der Waals surface area contributed by atoms with Crippen molar-refractivity contribution in [1.82, 2.24) is 0 Å². The first-order valence-electron chi connectivity index (χ1n) is 11.5. The molecule has 31 heavy (non-hydrogen) atoms. The van der Waals surface area contributed by atoms with E-state index in [0.717, 1.165) is 17.5 Å². The zero-order valence-corrected chi connectivity index (χ0v) is 20.4. The van der Waals surface area contributed by atoms with Gasteiger partial charge in [-0.05, 0) is 30.0 Å². The molecule has 0 atom stereocenters. The Morgan fingerprint density at radius 3 is 2.06 bits per heavy atom. The molecule has 0 radical (unpaired) electrons. The van der Waals surface area contributed by atoms with Crippen molar-refractivity contribution in [1.29, 1.82) is 0 Å². The fraction of sp³-hybridized carbons (Fsp3) is 0.600. The van der Waals surface area contributed by atoms with Crippen molar-refractivity contribution in [2.24, 2.45) is 0 Å². The number of unbranched alkanes of at least 4 members (excludes halogenated alkanes) is 8. The standard InChI is InChI=1S/C25H38O4S2/c1-2-3-4-5-6-7-8-9-10-11-13-21-14-12-15-22(20-21)25(30-18-16-23(26)27)31-19-17-24(28)29/h11-15,20,25H,2-10,16-19H2,1H3,(H,26,27)(H,28,29)/b13-11+. The van der Waals surface area contributed by atoms with Crippen LogP contribution in [0.2, 0.25) is 0 Å². The van der Waals surface area contributed by atoms with Gasteiger partial charge in [-0.3, -0.25) is 9.59 Å². The van der Waals surface area contributed by atoms with E-state index in [0.29, 0.717) is 11.5 Å². The molecule has 1 aromatic rings. The Labute approximate surface area is 196 Å². The lowest BCUT2D eigenvalue weighted by Gasteiger charge is -2.16. The van der Waals surface area contributed by atoms with Crippen molar-refractivity contribution in [3.8, 4) is 0 Å². The van der Waals surface area contributed by atoms with E-state index in [4.69, 9.17) is 10.2 Å². The second kappa shape index (κ2) is 18.2. The highest BCUT2D eigenvalue weighted by atomic mass is 32.2. The minimum atomic E-state index is -0.806. The molecule has 4 nitrogen and oxygen atoms in total. The molecule has 0 saturated heterocycles. The molecule has 0 heterocycles. The highest BCUT2D eigenvalue weighted by Crippen LogP contribution is 2.40. The number of allylic oxidation sites excluding steroid dienone is 1. The summed E-state index contributed by atoms with van der Waals surface area (Å²) in [6.45, 7) is 2.25. The Kier molecular flexibility index (Phi) is 16.2. The number of benzene rings is 1. The second-order valence-electron chi connectivity index (χ2n) is 7.70. The Balaban J connectivity index is 2.48. The number of aliphatic carboxylic acids is 2. The molecule has 6 heteroatoms. The van der Waals surface area contributed by atoms with E-state index in [1.807, 2.05) is 12.1 Å². The predicted molar refractivity (Wildman–Crippen MR) is 135 cm³/mol. The van der Waals surface area contributed by atoms with Gasteiger partial charge in [-0.2, -0.15) is 0 Å². The Bertz CT molecular complexity index is 641. The van der Waals surface area contributed by atoms with Gasteiger partial charge in [0.05, 0.1) is 17.4 Å². The summed E-state index contributed by atoms with van der Waals surface area (Å²) in [6.07, 6.45) is 16.3. The maximum atomic E-state index is 10.8. The third kappa shape index (κ3) is 15.1. The molecule has 1 aromatic carbocycles. The van der Waals surface area contributed by atoms with Crippen LogP contribution in [-0.2, 0) is 9.59 Å². The number of hydrogen-bond acceptors (Lipinski definition) is 4. The highest BCUT2D eigenvalue weighted by molar-refractivity contribution is 8.16. The maximum absolute atomic E-state index is 10.8. The van der Waals surface area contributed by atoms with Crippen molar-refractivity contribution in [2.75, 3.05) is 11.5 Å². The summed E-state index contributed by atoms with van der Waals surface area (Å²) in [5, 5.41) is 17.8. The zero-order chi connectivity index (χ0) is 22.7. The van der Waals surface area contributed by atoms with Gasteiger partial charge in [0.25, 0.3) is 0 Å². The molecule has 0 bridgehead atoms. The molecule has 0 aliphatic carbocycles. The molecule has 0 aromatic heterocycles. The van der Waals surface area contributed by atoms with Crippen LogP contribution in [0.15, 0.2) is 30.3 Å². The molecule has 0 aliphatic rings. The topological polar surface area (TPSA) is 74.6 Å². The summed E-state index contributed by atoms with van der Waals surface area (Å²) in [5.74, 6) is -0.587. The number of hydrogen-bond donors (Lipinski definition) is 2. The molecule has 174 valence electrons. The summed E-state index contributed by atoms with van der Waals surface area (Å²) in [4.78, 5) is 21.7. The van der Waals surface area contributed by atoms with E-state index in [1.54, 1.807) is 23.5 Å². The Morgan fingerprint density at radius 1 is 0.903 bits per heavy atom. The van der Waals surface area contributed by atoms with Crippen molar-refractivity contribution < 1.29 is 19.8 Å². The first-order valence-corrected chi connectivity index (χ1v) is 13.6. The van der Waals surface area contributed by atoms with Gasteiger partial charge in [0.2, 0.25) is 0 Å². The summed E-state index contributed by atoms with van der Waals surface area (Å²) in [6, 6.07) is 8.28. The number of carboxylic acid groups (broad SMARTS) is 2. The number of thioether (sulfide) groups is 2. The number of rotatable bonds is 19. The van der Waals surface area contributed by atoms with Gasteiger partial charge in [-0.1, -0.05) is 82.2 Å². The molecule has 0 saturated carbocycles. The quantitative estimate of drug-likeness (QED) is 0.161. The van der Waals surface area contributed by atoms with Crippen LogP contribution in [0.1, 0.15) is 93.3 Å². The fourth-order valence-electron chi connectivity index (χ4n) is 3.17. The van der Waals surface area contributed by atoms with Gasteiger partial charge in [0, 0.05) is 11.5 Å². The molecule has 0 fully saturated rings. The summed E-state index contributed by atoms with van der Waals surface area (Å²) < 4.78 is 0.0414. The SMILES string of the molecule is CCCCCCCCCC/C=C/c1cccc(C(SCCC(=O)O)SCCC(=O)O)c1. The summed E-state index contributed by atoms with van der Waals surface area (Å²) >= 11 is 3.15. The minimum Gasteiger partial charge on any atom is -0.481 e. The molecule has 0 unspecified atom stereocenters. The van der Waals surface area contributed by atoms with Gasteiger partial charge >= 0.3 is 11.9 Å². The number of carboxylic acids is 2. The van der Waals surface area contributed by atoms with Gasteiger partial charge in [-0.15, -0.1) is 23.5 Å². The van der Waals surface area contributed by atoms with Crippen molar-refractivity contribution in [3.05, 3.63) is 41.5 Å². The van der Waals surface area contributed by atoms with E-state index in [2.05, 4.69) is 31.2 Å². The lowest BCUT2D eigenvalue weighted by atomic mass is 10.1. The molecular weight excluding hydrogens is 428 g/mol. The third-order valence-corrected chi connectivity index (χ3v) is 7.73. The fourth-order valence-corrected chi connectivity index (χ4v) is 5.83. The third-order valence-electron chi connectivity index (χ3n) is 4.89. The van der Waals surface area contributed by atoms with Crippen LogP contribution >= 0.6 is 23.5 Å². The van der Waals surface area contributed by atoms with Crippen LogP contribution in [0, 0.1) is 0 Å². The first-order chi connectivity index (χ1) is 15.0. The van der Waals surface area contributed by atoms with Crippen LogP contribution in [0.25, 0.3) is 6.08 Å². The molecule has 1 rings (SSSR count). The molecule has 0 spiro atoms. The normalized spacial score (nSPS) is 11.4. The van der Waals surface area contributed by atoms with Crippen molar-refractivity contribution >= 4 is 41.5 Å². The van der Waals surface area contributed by atoms with Crippen LogP contribution in [-0.4, -0.2) is 33.7 Å². The van der Waals surface area contributed by atoms with E-state index < -0.39 is 11.9 Å². The minimum absolute atomic E-state index is 0.0414. The Morgan fingerprint density at radius 2 is 1.48 bits per heavy atom. The molecular formula is C25H38O4S2. The van der Waals surface area contributed by atoms with Gasteiger partial charge in [-0.25, -0.2) is 0 Å². The molecule has 0 amide bonds. The average molecular weight is 467 g/mol. The van der Waals surface area contributed by atoms with Crippen molar-refractivity contribution in [3.63, 3.8) is 0 Å². The van der Waals surface area contributed by atoms with E-state index in [1.165, 1.54) is 51.4 Å². The van der Waals surface area contributed by atoms with Gasteiger partial charge in [0.1, 0.15) is 0 Å². The highest BCUT2D eigenvalue weighted by Gasteiger charge is 2.14. The van der Waals surface area contributed by atoms with E-state index in [-0.39, 0.29) is 17.4 Å². The van der Waals surface area contributed by atoms with E-state index in [9.17, 15) is 9.59 Å². The maximum Gasteiger partial charge on any atom is 0.304 e. The van der Waals surface area contributed by atoms with Crippen LogP contribution in [0.5, 0.6) is 0 Å². The zero-order valence-electron chi connectivity index (χ0n) is 18.8. The van der Waals surface area contributed by atoms with Crippen LogP contribution < -0.4 is 0 Å². The molecule has 0 aliphatic heterocycles. The lowest BCUT2D eigenvalue weighted by Crippen LogP contribution is -2.01. The first kappa shape index (κ1) is 27.6. The predicted octanol–water partition coefficient (Wildman–Crippen LogP) is 7.65. The van der Waals surface area contributed by atoms with Crippen LogP contribution in [0.4, 0.5) is 0 Å².